The molecule has 1 aromatic heterocycles. The van der Waals surface area contributed by atoms with E-state index in [1.807, 2.05) is 0 Å². The fraction of sp³-hybridized carbons (Fsp3) is 0.188. The number of nitrogens with zero attached hydrogens (tertiary/aromatic N) is 1. The number of aromatic nitrogens is 2. The Labute approximate surface area is 135 Å². The van der Waals surface area contributed by atoms with Crippen molar-refractivity contribution in [3.8, 4) is 5.75 Å². The topological polar surface area (TPSA) is 73.0 Å². The Morgan fingerprint density at radius 1 is 1.12 bits per heavy atom. The molecule has 1 heterocycles. The molecule has 0 amide bonds. The molecule has 5 nitrogen and oxygen atoms in total. The van der Waals surface area contributed by atoms with Crippen LogP contribution in [0.5, 0.6) is 5.75 Å². The van der Waals surface area contributed by atoms with Gasteiger partial charge in [0.25, 0.3) is 0 Å². The lowest BCUT2D eigenvalue weighted by Crippen LogP contribution is -2.14. The summed E-state index contributed by atoms with van der Waals surface area (Å²) in [6.07, 6.45) is -3.68. The van der Waals surface area contributed by atoms with Gasteiger partial charge < -0.3 is 20.7 Å². The van der Waals surface area contributed by atoms with E-state index in [-0.39, 0.29) is 12.3 Å². The van der Waals surface area contributed by atoms with Gasteiger partial charge >= 0.3 is 6.18 Å². The second-order valence-corrected chi connectivity index (χ2v) is 5.26. The highest BCUT2D eigenvalue weighted by Crippen LogP contribution is 2.31. The quantitative estimate of drug-likeness (QED) is 0.522. The summed E-state index contributed by atoms with van der Waals surface area (Å²) in [5, 5.41) is 15.6. The van der Waals surface area contributed by atoms with E-state index in [2.05, 4.69) is 20.6 Å². The lowest BCUT2D eigenvalue weighted by atomic mass is 10.2. The minimum absolute atomic E-state index is 0.0776. The van der Waals surface area contributed by atoms with Crippen molar-refractivity contribution >= 4 is 28.1 Å². The van der Waals surface area contributed by atoms with E-state index in [0.29, 0.717) is 28.1 Å². The molecule has 0 saturated carbocycles. The van der Waals surface area contributed by atoms with Gasteiger partial charge in [-0.2, -0.15) is 13.2 Å². The SMILES string of the molecule is Oc1ccccc1Nc1cc(NCCC(F)(F)F)c2nc[nH]c2c1. The summed E-state index contributed by atoms with van der Waals surface area (Å²) in [6.45, 7) is -0.245. The van der Waals surface area contributed by atoms with Crippen molar-refractivity contribution in [1.29, 1.82) is 0 Å². The highest BCUT2D eigenvalue weighted by atomic mass is 19.4. The van der Waals surface area contributed by atoms with Crippen LogP contribution in [0.2, 0.25) is 0 Å². The van der Waals surface area contributed by atoms with E-state index >= 15 is 0 Å². The van der Waals surface area contributed by atoms with Gasteiger partial charge in [0.05, 0.1) is 29.6 Å². The van der Waals surface area contributed by atoms with Crippen molar-refractivity contribution in [2.24, 2.45) is 0 Å². The fourth-order valence-electron chi connectivity index (χ4n) is 2.33. The average Bonchev–Trinajstić information content (AvgIpc) is 2.97. The number of aromatic hydroxyl groups is 1. The number of anilines is 3. The number of para-hydroxylation sites is 2. The molecule has 0 atom stereocenters. The maximum Gasteiger partial charge on any atom is 0.390 e. The Bertz CT molecular complexity index is 845. The minimum Gasteiger partial charge on any atom is -0.506 e. The zero-order valence-corrected chi connectivity index (χ0v) is 12.5. The predicted octanol–water partition coefficient (Wildman–Crippen LogP) is 4.38. The molecule has 0 fully saturated rings. The van der Waals surface area contributed by atoms with Crippen molar-refractivity contribution in [2.45, 2.75) is 12.6 Å². The second-order valence-electron chi connectivity index (χ2n) is 5.26. The maximum absolute atomic E-state index is 12.3. The van der Waals surface area contributed by atoms with Crippen LogP contribution in [0.15, 0.2) is 42.7 Å². The number of hydrogen-bond acceptors (Lipinski definition) is 4. The van der Waals surface area contributed by atoms with E-state index in [1.54, 1.807) is 36.4 Å². The number of benzene rings is 2. The van der Waals surface area contributed by atoms with Gasteiger partial charge in [0.1, 0.15) is 11.3 Å². The smallest absolute Gasteiger partial charge is 0.390 e. The molecular formula is C16H15F3N4O. The van der Waals surface area contributed by atoms with Crippen molar-refractivity contribution in [1.82, 2.24) is 9.97 Å². The molecule has 2 aromatic carbocycles. The Balaban J connectivity index is 1.86. The monoisotopic (exact) mass is 336 g/mol. The van der Waals surface area contributed by atoms with Gasteiger partial charge in [0.15, 0.2) is 0 Å². The van der Waals surface area contributed by atoms with Crippen LogP contribution in [-0.2, 0) is 0 Å². The van der Waals surface area contributed by atoms with Crippen molar-refractivity contribution in [3.05, 3.63) is 42.7 Å². The molecule has 3 rings (SSSR count). The first kappa shape index (κ1) is 16.0. The van der Waals surface area contributed by atoms with Crippen LogP contribution in [-0.4, -0.2) is 27.8 Å². The van der Waals surface area contributed by atoms with Crippen LogP contribution >= 0.6 is 0 Å². The number of alkyl halides is 3. The molecule has 4 N–H and O–H groups in total. The molecule has 0 radical (unpaired) electrons. The highest BCUT2D eigenvalue weighted by Gasteiger charge is 2.26. The third-order valence-electron chi connectivity index (χ3n) is 3.43. The largest absolute Gasteiger partial charge is 0.506 e. The summed E-state index contributed by atoms with van der Waals surface area (Å²) in [6, 6.07) is 10.1. The molecule has 0 aliphatic carbocycles. The number of fused-ring (bicyclic) bond motifs is 1. The lowest BCUT2D eigenvalue weighted by molar-refractivity contribution is -0.131. The summed E-state index contributed by atoms with van der Waals surface area (Å²) < 4.78 is 37.0. The summed E-state index contributed by atoms with van der Waals surface area (Å²) in [5.74, 6) is 0.0776. The van der Waals surface area contributed by atoms with E-state index < -0.39 is 12.6 Å². The molecule has 0 aliphatic heterocycles. The van der Waals surface area contributed by atoms with Crippen molar-refractivity contribution in [2.75, 3.05) is 17.2 Å². The lowest BCUT2D eigenvalue weighted by Gasteiger charge is -2.13. The molecule has 0 aliphatic rings. The maximum atomic E-state index is 12.3. The Hall–Kier alpha value is -2.90. The summed E-state index contributed by atoms with van der Waals surface area (Å²) in [5.41, 5.74) is 2.82. The van der Waals surface area contributed by atoms with Crippen LogP contribution in [0.1, 0.15) is 6.42 Å². The number of phenolic OH excluding ortho intramolecular Hbond substituents is 1. The zero-order chi connectivity index (χ0) is 17.2. The number of hydrogen-bond donors (Lipinski definition) is 4. The normalized spacial score (nSPS) is 11.6. The van der Waals surface area contributed by atoms with Gasteiger partial charge in [-0.25, -0.2) is 4.98 Å². The van der Waals surface area contributed by atoms with Crippen molar-refractivity contribution in [3.63, 3.8) is 0 Å². The van der Waals surface area contributed by atoms with E-state index in [1.165, 1.54) is 6.33 Å². The van der Waals surface area contributed by atoms with Gasteiger partial charge in [-0.3, -0.25) is 0 Å². The molecule has 0 unspecified atom stereocenters. The number of imidazole rings is 1. The fourth-order valence-corrected chi connectivity index (χ4v) is 2.33. The molecular weight excluding hydrogens is 321 g/mol. The summed E-state index contributed by atoms with van der Waals surface area (Å²) in [7, 11) is 0. The van der Waals surface area contributed by atoms with E-state index in [9.17, 15) is 18.3 Å². The minimum atomic E-state index is -4.22. The van der Waals surface area contributed by atoms with Gasteiger partial charge in [-0.1, -0.05) is 12.1 Å². The van der Waals surface area contributed by atoms with Gasteiger partial charge in [-0.05, 0) is 24.3 Å². The van der Waals surface area contributed by atoms with Crippen LogP contribution in [0.3, 0.4) is 0 Å². The van der Waals surface area contributed by atoms with Gasteiger partial charge in [0, 0.05) is 12.2 Å². The van der Waals surface area contributed by atoms with Gasteiger partial charge in [0.2, 0.25) is 0 Å². The molecule has 0 spiro atoms. The van der Waals surface area contributed by atoms with Crippen LogP contribution in [0.4, 0.5) is 30.2 Å². The molecule has 126 valence electrons. The number of rotatable bonds is 5. The first-order valence-corrected chi connectivity index (χ1v) is 7.25. The predicted molar refractivity (Wildman–Crippen MR) is 86.6 cm³/mol. The summed E-state index contributed by atoms with van der Waals surface area (Å²) >= 11 is 0. The molecule has 0 saturated heterocycles. The molecule has 0 bridgehead atoms. The Morgan fingerprint density at radius 3 is 2.67 bits per heavy atom. The van der Waals surface area contributed by atoms with Crippen LogP contribution in [0.25, 0.3) is 11.0 Å². The third kappa shape index (κ3) is 3.70. The summed E-state index contributed by atoms with van der Waals surface area (Å²) in [4.78, 5) is 7.05. The highest BCUT2D eigenvalue weighted by molar-refractivity contribution is 5.92. The number of nitrogens with one attached hydrogen (secondary N) is 3. The van der Waals surface area contributed by atoms with E-state index in [4.69, 9.17) is 0 Å². The number of aromatic amines is 1. The number of H-pyrrole nitrogens is 1. The standard InChI is InChI=1S/C16H15F3N4O/c17-16(18,19)5-6-20-12-7-10(8-13-15(12)22-9-21-13)23-11-3-1-2-4-14(11)24/h1-4,7-9,20,23-24H,5-6H2,(H,21,22). The van der Waals surface area contributed by atoms with Crippen molar-refractivity contribution < 1.29 is 18.3 Å². The molecule has 3 aromatic rings. The third-order valence-corrected chi connectivity index (χ3v) is 3.43. The van der Waals surface area contributed by atoms with Crippen LogP contribution in [0, 0.1) is 0 Å². The zero-order valence-electron chi connectivity index (χ0n) is 12.5. The first-order valence-electron chi connectivity index (χ1n) is 7.25. The van der Waals surface area contributed by atoms with Crippen LogP contribution < -0.4 is 10.6 Å². The Morgan fingerprint density at radius 2 is 1.92 bits per heavy atom. The number of halogens is 3. The van der Waals surface area contributed by atoms with E-state index in [0.717, 1.165) is 0 Å². The number of phenols is 1. The van der Waals surface area contributed by atoms with Gasteiger partial charge in [-0.15, -0.1) is 0 Å². The Kier molecular flexibility index (Phi) is 4.20. The second kappa shape index (κ2) is 6.31. The average molecular weight is 336 g/mol. The first-order chi connectivity index (χ1) is 11.4. The molecule has 8 heteroatoms. The molecule has 24 heavy (non-hydrogen) atoms.